The van der Waals surface area contributed by atoms with Crippen molar-refractivity contribution in [3.05, 3.63) is 48.4 Å². The van der Waals surface area contributed by atoms with Gasteiger partial charge in [0.2, 0.25) is 0 Å². The molecule has 3 atom stereocenters. The fourth-order valence-electron chi connectivity index (χ4n) is 4.30. The summed E-state index contributed by atoms with van der Waals surface area (Å²) >= 11 is 0. The average Bonchev–Trinajstić information content (AvgIpc) is 3.38. The van der Waals surface area contributed by atoms with Crippen molar-refractivity contribution < 1.29 is 14.6 Å². The first-order valence-corrected chi connectivity index (χ1v) is 10.4. The van der Waals surface area contributed by atoms with E-state index in [1.54, 1.807) is 35.1 Å². The van der Waals surface area contributed by atoms with Crippen molar-refractivity contribution in [2.24, 2.45) is 5.92 Å². The quantitative estimate of drug-likeness (QED) is 0.526. The molecular formula is C22H24N6O3. The molecule has 0 spiro atoms. The van der Waals surface area contributed by atoms with Crippen molar-refractivity contribution in [2.75, 3.05) is 12.4 Å². The van der Waals surface area contributed by atoms with Gasteiger partial charge in [-0.15, -0.1) is 0 Å². The smallest absolute Gasteiger partial charge is 0.260 e. The minimum absolute atomic E-state index is 0.235. The van der Waals surface area contributed by atoms with Gasteiger partial charge < -0.3 is 15.2 Å². The maximum absolute atomic E-state index is 13.1. The summed E-state index contributed by atoms with van der Waals surface area (Å²) < 4.78 is 9.02. The van der Waals surface area contributed by atoms with Crippen LogP contribution in [0.3, 0.4) is 0 Å². The molecule has 1 saturated carbocycles. The summed E-state index contributed by atoms with van der Waals surface area (Å²) in [5.41, 5.74) is 1.82. The van der Waals surface area contributed by atoms with Crippen molar-refractivity contribution in [3.63, 3.8) is 0 Å². The first-order valence-electron chi connectivity index (χ1n) is 10.4. The highest BCUT2D eigenvalue weighted by atomic mass is 16.5. The highest BCUT2D eigenvalue weighted by Gasteiger charge is 2.28. The number of imidazole rings is 1. The Labute approximate surface area is 178 Å². The minimum atomic E-state index is -0.312. The normalized spacial score (nSPS) is 21.5. The highest BCUT2D eigenvalue weighted by molar-refractivity contribution is 6.08. The zero-order chi connectivity index (χ0) is 21.5. The lowest BCUT2D eigenvalue weighted by molar-refractivity contribution is 0.0574. The van der Waals surface area contributed by atoms with E-state index in [1.165, 1.54) is 7.11 Å². The summed E-state index contributed by atoms with van der Waals surface area (Å²) in [5.74, 6) is 0.854. The van der Waals surface area contributed by atoms with Crippen LogP contribution in [-0.4, -0.2) is 48.6 Å². The Bertz CT molecular complexity index is 1260. The molecule has 0 radical (unpaired) electrons. The molecule has 5 rings (SSSR count). The monoisotopic (exact) mass is 420 g/mol. The average molecular weight is 420 g/mol. The van der Waals surface area contributed by atoms with E-state index in [9.17, 15) is 9.90 Å². The molecule has 1 amide bonds. The molecule has 2 N–H and O–H groups in total. The zero-order valence-electron chi connectivity index (χ0n) is 17.4. The van der Waals surface area contributed by atoms with Crippen LogP contribution in [0, 0.1) is 5.92 Å². The van der Waals surface area contributed by atoms with E-state index < -0.39 is 0 Å². The van der Waals surface area contributed by atoms with Crippen molar-refractivity contribution in [3.8, 4) is 5.75 Å². The van der Waals surface area contributed by atoms with Gasteiger partial charge in [0.15, 0.2) is 11.5 Å². The van der Waals surface area contributed by atoms with Gasteiger partial charge in [0, 0.05) is 23.8 Å². The number of anilines is 1. The Morgan fingerprint density at radius 1 is 1.32 bits per heavy atom. The molecule has 4 aromatic rings. The number of aromatic nitrogens is 5. The van der Waals surface area contributed by atoms with Crippen molar-refractivity contribution >= 4 is 28.3 Å². The van der Waals surface area contributed by atoms with Crippen molar-refractivity contribution in [2.45, 2.75) is 38.3 Å². The predicted octanol–water partition coefficient (Wildman–Crippen LogP) is 3.06. The maximum Gasteiger partial charge on any atom is 0.260 e. The number of fused-ring (bicyclic) bond motifs is 2. The number of nitrogens with zero attached hydrogens (tertiary/aromatic N) is 5. The van der Waals surface area contributed by atoms with Crippen molar-refractivity contribution in [1.82, 2.24) is 24.4 Å². The van der Waals surface area contributed by atoms with Gasteiger partial charge in [-0.3, -0.25) is 9.48 Å². The van der Waals surface area contributed by atoms with E-state index >= 15 is 0 Å². The number of rotatable bonds is 4. The first-order chi connectivity index (χ1) is 15.0. The van der Waals surface area contributed by atoms with Gasteiger partial charge in [-0.05, 0) is 43.4 Å². The molecule has 1 fully saturated rings. The molecule has 0 saturated heterocycles. The van der Waals surface area contributed by atoms with Crippen molar-refractivity contribution in [1.29, 1.82) is 0 Å². The summed E-state index contributed by atoms with van der Waals surface area (Å²) in [4.78, 5) is 17.3. The van der Waals surface area contributed by atoms with E-state index in [4.69, 9.17) is 9.84 Å². The largest absolute Gasteiger partial charge is 0.496 e. The predicted molar refractivity (Wildman–Crippen MR) is 115 cm³/mol. The lowest BCUT2D eigenvalue weighted by Crippen LogP contribution is -2.28. The Balaban J connectivity index is 1.46. The van der Waals surface area contributed by atoms with Gasteiger partial charge in [0.05, 0.1) is 36.5 Å². The maximum atomic E-state index is 13.1. The first kappa shape index (κ1) is 19.5. The molecule has 1 aliphatic rings. The van der Waals surface area contributed by atoms with Crippen LogP contribution >= 0.6 is 0 Å². The topological polar surface area (TPSA) is 107 Å². The van der Waals surface area contributed by atoms with E-state index in [1.807, 2.05) is 16.9 Å². The molecule has 3 heterocycles. The number of amides is 1. The number of hydrogen-bond donors (Lipinski definition) is 2. The van der Waals surface area contributed by atoms with Crippen LogP contribution in [-0.2, 0) is 0 Å². The number of benzene rings is 1. The van der Waals surface area contributed by atoms with Crippen LogP contribution < -0.4 is 10.1 Å². The summed E-state index contributed by atoms with van der Waals surface area (Å²) in [6.45, 7) is 2.07. The Morgan fingerprint density at radius 3 is 3.00 bits per heavy atom. The standard InChI is InChI=1S/C22H24N6O3/c1-13-8-15(5-6-18(13)29)27-12-14-9-16(19(31-2)10-17(14)26-27)22(30)25-21-11-23-20-4-3-7-24-28(20)21/h3-4,7,9-13,15,18,29H,5-6,8H2,1-2H3,(H,25,30)/t13?,15-,18+/m1/s1. The van der Waals surface area contributed by atoms with Gasteiger partial charge in [-0.2, -0.15) is 14.7 Å². The number of hydrogen-bond acceptors (Lipinski definition) is 6. The Hall–Kier alpha value is -3.46. The fraction of sp³-hybridized carbons (Fsp3) is 0.364. The van der Waals surface area contributed by atoms with Gasteiger partial charge in [-0.25, -0.2) is 4.98 Å². The molecule has 9 nitrogen and oxygen atoms in total. The second-order valence-electron chi connectivity index (χ2n) is 8.12. The van der Waals surface area contributed by atoms with E-state index in [2.05, 4.69) is 22.3 Å². The summed E-state index contributed by atoms with van der Waals surface area (Å²) in [6.07, 6.45) is 7.46. The molecular weight excluding hydrogens is 396 g/mol. The molecule has 31 heavy (non-hydrogen) atoms. The minimum Gasteiger partial charge on any atom is -0.496 e. The number of carbonyl (C=O) groups excluding carboxylic acids is 1. The molecule has 1 unspecified atom stereocenters. The lowest BCUT2D eigenvalue weighted by atomic mass is 9.85. The summed E-state index contributed by atoms with van der Waals surface area (Å²) in [7, 11) is 1.54. The van der Waals surface area contributed by atoms with Crippen LogP contribution in [0.2, 0.25) is 0 Å². The number of aliphatic hydroxyl groups excluding tert-OH is 1. The second-order valence-corrected chi connectivity index (χ2v) is 8.12. The molecule has 1 aliphatic carbocycles. The SMILES string of the molecule is COc1cc2nn([C@@H]3CC[C@H](O)C(C)C3)cc2cc1C(=O)Nc1cnc2cccnn12. The Morgan fingerprint density at radius 2 is 2.19 bits per heavy atom. The number of aliphatic hydroxyl groups is 1. The van der Waals surface area contributed by atoms with Crippen LogP contribution in [0.25, 0.3) is 16.6 Å². The van der Waals surface area contributed by atoms with Gasteiger partial charge in [0.1, 0.15) is 5.75 Å². The Kier molecular flexibility index (Phi) is 4.82. The fourth-order valence-corrected chi connectivity index (χ4v) is 4.30. The summed E-state index contributed by atoms with van der Waals surface area (Å²) in [5, 5.41) is 22.7. The molecule has 3 aromatic heterocycles. The van der Waals surface area contributed by atoms with E-state index in [-0.39, 0.29) is 24.0 Å². The van der Waals surface area contributed by atoms with Gasteiger partial charge in [-0.1, -0.05) is 6.92 Å². The van der Waals surface area contributed by atoms with Crippen LogP contribution in [0.1, 0.15) is 42.6 Å². The molecule has 160 valence electrons. The van der Waals surface area contributed by atoms with Crippen LogP contribution in [0.4, 0.5) is 5.82 Å². The molecule has 0 aliphatic heterocycles. The zero-order valence-corrected chi connectivity index (χ0v) is 17.4. The third-order valence-electron chi connectivity index (χ3n) is 6.08. The molecule has 1 aromatic carbocycles. The number of methoxy groups -OCH3 is 1. The number of nitrogens with one attached hydrogen (secondary N) is 1. The molecule has 9 heteroatoms. The van der Waals surface area contributed by atoms with E-state index in [0.29, 0.717) is 22.8 Å². The second kappa shape index (κ2) is 7.66. The number of ether oxygens (including phenoxy) is 1. The van der Waals surface area contributed by atoms with Crippen LogP contribution in [0.15, 0.2) is 42.9 Å². The third-order valence-corrected chi connectivity index (χ3v) is 6.08. The third kappa shape index (κ3) is 3.50. The highest BCUT2D eigenvalue weighted by Crippen LogP contribution is 2.34. The van der Waals surface area contributed by atoms with Gasteiger partial charge >= 0.3 is 0 Å². The number of carbonyl (C=O) groups is 1. The van der Waals surface area contributed by atoms with Gasteiger partial charge in [0.25, 0.3) is 5.91 Å². The summed E-state index contributed by atoms with van der Waals surface area (Å²) in [6, 6.07) is 7.42. The van der Waals surface area contributed by atoms with E-state index in [0.717, 1.165) is 30.2 Å². The van der Waals surface area contributed by atoms with Crippen LogP contribution in [0.5, 0.6) is 5.75 Å². The lowest BCUT2D eigenvalue weighted by Gasteiger charge is -2.31. The molecule has 0 bridgehead atoms.